The highest BCUT2D eigenvalue weighted by Gasteiger charge is 2.23. The van der Waals surface area contributed by atoms with Crippen molar-refractivity contribution in [2.24, 2.45) is 5.92 Å². The molecule has 1 fully saturated rings. The SMILES string of the molecule is CCN1CCC(C(C)Nc2cc(Cl)c(O)c(Cl)c2)CC1. The second-order valence-corrected chi connectivity index (χ2v) is 6.31. The highest BCUT2D eigenvalue weighted by Crippen LogP contribution is 2.35. The average Bonchev–Trinajstić information content (AvgIpc) is 2.44. The van der Waals surface area contributed by atoms with Crippen LogP contribution in [0.3, 0.4) is 0 Å². The average molecular weight is 317 g/mol. The molecule has 2 rings (SSSR count). The molecule has 0 spiro atoms. The molecule has 0 amide bonds. The summed E-state index contributed by atoms with van der Waals surface area (Å²) in [6, 6.07) is 3.81. The Balaban J connectivity index is 1.96. The normalized spacial score (nSPS) is 19.0. The first-order valence-electron chi connectivity index (χ1n) is 7.18. The lowest BCUT2D eigenvalue weighted by Gasteiger charge is -2.35. The van der Waals surface area contributed by atoms with Crippen LogP contribution in [0.4, 0.5) is 5.69 Å². The molecule has 20 heavy (non-hydrogen) atoms. The fourth-order valence-electron chi connectivity index (χ4n) is 2.80. The number of anilines is 1. The van der Waals surface area contributed by atoms with Gasteiger partial charge in [0.2, 0.25) is 0 Å². The van der Waals surface area contributed by atoms with Gasteiger partial charge in [-0.1, -0.05) is 30.1 Å². The van der Waals surface area contributed by atoms with Crippen molar-refractivity contribution in [3.63, 3.8) is 0 Å². The van der Waals surface area contributed by atoms with Gasteiger partial charge in [0.25, 0.3) is 0 Å². The van der Waals surface area contributed by atoms with E-state index in [2.05, 4.69) is 24.1 Å². The number of nitrogens with one attached hydrogen (secondary N) is 1. The Labute approximate surface area is 130 Å². The van der Waals surface area contributed by atoms with Crippen LogP contribution < -0.4 is 5.32 Å². The zero-order chi connectivity index (χ0) is 14.7. The zero-order valence-electron chi connectivity index (χ0n) is 12.0. The number of aromatic hydroxyl groups is 1. The Kier molecular flexibility index (Phi) is 5.42. The molecule has 1 aliphatic heterocycles. The van der Waals surface area contributed by atoms with E-state index in [1.165, 1.54) is 25.9 Å². The number of piperidine rings is 1. The Hall–Kier alpha value is -0.640. The van der Waals surface area contributed by atoms with Gasteiger partial charge in [0, 0.05) is 11.7 Å². The molecule has 1 unspecified atom stereocenters. The molecule has 1 saturated heterocycles. The summed E-state index contributed by atoms with van der Waals surface area (Å²) in [4.78, 5) is 2.48. The summed E-state index contributed by atoms with van der Waals surface area (Å²) in [6.45, 7) is 7.88. The third-order valence-corrected chi connectivity index (χ3v) is 4.77. The molecule has 2 N–H and O–H groups in total. The maximum Gasteiger partial charge on any atom is 0.152 e. The van der Waals surface area contributed by atoms with Crippen molar-refractivity contribution < 1.29 is 5.11 Å². The lowest BCUT2D eigenvalue weighted by atomic mass is 9.90. The Morgan fingerprint density at radius 2 is 1.85 bits per heavy atom. The summed E-state index contributed by atoms with van der Waals surface area (Å²) in [5.41, 5.74) is 0.864. The van der Waals surface area contributed by atoms with Gasteiger partial charge in [0.15, 0.2) is 5.75 Å². The fourth-order valence-corrected chi connectivity index (χ4v) is 3.29. The first-order chi connectivity index (χ1) is 9.51. The highest BCUT2D eigenvalue weighted by atomic mass is 35.5. The van der Waals surface area contributed by atoms with Crippen LogP contribution in [0.5, 0.6) is 5.75 Å². The van der Waals surface area contributed by atoms with Crippen molar-refractivity contribution in [1.29, 1.82) is 0 Å². The van der Waals surface area contributed by atoms with Crippen molar-refractivity contribution in [3.05, 3.63) is 22.2 Å². The third-order valence-electron chi connectivity index (χ3n) is 4.20. The summed E-state index contributed by atoms with van der Waals surface area (Å²) in [6.07, 6.45) is 2.42. The van der Waals surface area contributed by atoms with Gasteiger partial charge in [0.05, 0.1) is 10.0 Å². The number of halogens is 2. The van der Waals surface area contributed by atoms with Crippen LogP contribution in [0.15, 0.2) is 12.1 Å². The predicted molar refractivity (Wildman–Crippen MR) is 86.0 cm³/mol. The maximum absolute atomic E-state index is 9.57. The van der Waals surface area contributed by atoms with E-state index in [9.17, 15) is 5.11 Å². The number of nitrogens with zero attached hydrogens (tertiary/aromatic N) is 1. The van der Waals surface area contributed by atoms with Gasteiger partial charge in [0.1, 0.15) is 0 Å². The number of phenols is 1. The van der Waals surface area contributed by atoms with E-state index in [4.69, 9.17) is 23.2 Å². The number of benzene rings is 1. The Morgan fingerprint density at radius 3 is 2.35 bits per heavy atom. The Morgan fingerprint density at radius 1 is 1.30 bits per heavy atom. The minimum Gasteiger partial charge on any atom is -0.505 e. The van der Waals surface area contributed by atoms with Crippen LogP contribution in [-0.4, -0.2) is 35.7 Å². The molecule has 3 nitrogen and oxygen atoms in total. The summed E-state index contributed by atoms with van der Waals surface area (Å²) < 4.78 is 0. The van der Waals surface area contributed by atoms with Gasteiger partial charge in [-0.05, 0) is 57.5 Å². The third kappa shape index (κ3) is 3.72. The van der Waals surface area contributed by atoms with Gasteiger partial charge in [-0.15, -0.1) is 0 Å². The van der Waals surface area contributed by atoms with E-state index >= 15 is 0 Å². The monoisotopic (exact) mass is 316 g/mol. The summed E-state index contributed by atoms with van der Waals surface area (Å²) in [5.74, 6) is 0.604. The number of phenolic OH excluding ortho intramolecular Hbond substituents is 1. The Bertz CT molecular complexity index is 436. The van der Waals surface area contributed by atoms with Crippen LogP contribution in [0.1, 0.15) is 26.7 Å². The van der Waals surface area contributed by atoms with E-state index in [1.54, 1.807) is 12.1 Å². The van der Waals surface area contributed by atoms with Crippen LogP contribution in [0, 0.1) is 5.92 Å². The van der Waals surface area contributed by atoms with Crippen LogP contribution in [-0.2, 0) is 0 Å². The van der Waals surface area contributed by atoms with Crippen molar-refractivity contribution >= 4 is 28.9 Å². The molecule has 5 heteroatoms. The molecule has 0 radical (unpaired) electrons. The lowest BCUT2D eigenvalue weighted by Crippen LogP contribution is -2.39. The lowest BCUT2D eigenvalue weighted by molar-refractivity contribution is 0.183. The standard InChI is InChI=1S/C15H22Cl2N2O/c1-3-19-6-4-11(5-7-19)10(2)18-12-8-13(16)15(20)14(17)9-12/h8-11,18,20H,3-7H2,1-2H3. The topological polar surface area (TPSA) is 35.5 Å². The van der Waals surface area contributed by atoms with Gasteiger partial charge in [-0.2, -0.15) is 0 Å². The van der Waals surface area contributed by atoms with Gasteiger partial charge in [-0.3, -0.25) is 0 Å². The predicted octanol–water partition coefficient (Wildman–Crippen LogP) is 4.23. The molecule has 0 bridgehead atoms. The molecule has 0 aromatic heterocycles. The molecule has 0 saturated carbocycles. The second kappa shape index (κ2) is 6.88. The van der Waals surface area contributed by atoms with Crippen molar-refractivity contribution in [2.75, 3.05) is 25.0 Å². The number of hydrogen-bond acceptors (Lipinski definition) is 3. The molecule has 1 aliphatic rings. The van der Waals surface area contributed by atoms with Crippen LogP contribution in [0.25, 0.3) is 0 Å². The summed E-state index contributed by atoms with van der Waals surface area (Å²) in [5, 5.41) is 13.6. The van der Waals surface area contributed by atoms with Gasteiger partial charge in [-0.25, -0.2) is 0 Å². The second-order valence-electron chi connectivity index (χ2n) is 5.49. The van der Waals surface area contributed by atoms with Crippen LogP contribution >= 0.6 is 23.2 Å². The molecule has 1 heterocycles. The molecule has 1 aromatic carbocycles. The molecule has 0 aliphatic carbocycles. The smallest absolute Gasteiger partial charge is 0.152 e. The minimum atomic E-state index is -0.0530. The van der Waals surface area contributed by atoms with E-state index in [1.807, 2.05) is 0 Å². The van der Waals surface area contributed by atoms with E-state index in [-0.39, 0.29) is 15.8 Å². The largest absolute Gasteiger partial charge is 0.505 e. The maximum atomic E-state index is 9.57. The number of likely N-dealkylation sites (tertiary alicyclic amines) is 1. The van der Waals surface area contributed by atoms with Crippen LogP contribution in [0.2, 0.25) is 10.0 Å². The number of hydrogen-bond donors (Lipinski definition) is 2. The first-order valence-corrected chi connectivity index (χ1v) is 7.93. The van der Waals surface area contributed by atoms with E-state index < -0.39 is 0 Å². The molecule has 1 aromatic rings. The van der Waals surface area contributed by atoms with Crippen molar-refractivity contribution in [1.82, 2.24) is 4.90 Å². The summed E-state index contributed by atoms with van der Waals surface area (Å²) in [7, 11) is 0. The summed E-state index contributed by atoms with van der Waals surface area (Å²) >= 11 is 11.9. The van der Waals surface area contributed by atoms with E-state index in [0.29, 0.717) is 12.0 Å². The van der Waals surface area contributed by atoms with Gasteiger partial charge >= 0.3 is 0 Å². The minimum absolute atomic E-state index is 0.0530. The molecule has 1 atom stereocenters. The first kappa shape index (κ1) is 15.7. The fraction of sp³-hybridized carbons (Fsp3) is 0.600. The van der Waals surface area contributed by atoms with Crippen molar-refractivity contribution in [3.8, 4) is 5.75 Å². The zero-order valence-corrected chi connectivity index (χ0v) is 13.5. The highest BCUT2D eigenvalue weighted by molar-refractivity contribution is 6.37. The van der Waals surface area contributed by atoms with Crippen molar-refractivity contribution in [2.45, 2.75) is 32.7 Å². The molecular formula is C15H22Cl2N2O. The van der Waals surface area contributed by atoms with E-state index in [0.717, 1.165) is 12.2 Å². The molecule has 112 valence electrons. The van der Waals surface area contributed by atoms with Gasteiger partial charge < -0.3 is 15.3 Å². The number of rotatable bonds is 4. The molecular weight excluding hydrogens is 295 g/mol. The quantitative estimate of drug-likeness (QED) is 0.816.